The summed E-state index contributed by atoms with van der Waals surface area (Å²) in [6.07, 6.45) is 0.943. The molecule has 0 aromatic heterocycles. The molecule has 3 unspecified atom stereocenters. The number of fused-ring (bicyclic) bond motifs is 1. The Balaban J connectivity index is 2.15. The van der Waals surface area contributed by atoms with Crippen LogP contribution in [0.15, 0.2) is 0 Å². The summed E-state index contributed by atoms with van der Waals surface area (Å²) >= 11 is 0. The standard InChI is InChI=1S/C13H24N2O/c1-5-9(2)12(16)15-8-10-6-14-7-11(10)13(15,3)4/h9-11,14H,5-8H2,1-4H3. The minimum Gasteiger partial charge on any atom is -0.337 e. The Labute approximate surface area is 98.6 Å². The number of likely N-dealkylation sites (tertiary alicyclic amines) is 1. The average molecular weight is 224 g/mol. The molecule has 1 amide bonds. The fourth-order valence-corrected chi connectivity index (χ4v) is 3.24. The molecule has 2 aliphatic rings. The molecule has 16 heavy (non-hydrogen) atoms. The third-order valence-corrected chi connectivity index (χ3v) is 4.66. The van der Waals surface area contributed by atoms with Gasteiger partial charge in [0.1, 0.15) is 0 Å². The van der Waals surface area contributed by atoms with Gasteiger partial charge in [0.2, 0.25) is 5.91 Å². The summed E-state index contributed by atoms with van der Waals surface area (Å²) in [6.45, 7) is 11.7. The first-order chi connectivity index (χ1) is 7.48. The number of nitrogens with one attached hydrogen (secondary N) is 1. The molecule has 92 valence electrons. The van der Waals surface area contributed by atoms with Crippen LogP contribution in [0.5, 0.6) is 0 Å². The lowest BCUT2D eigenvalue weighted by atomic mass is 9.84. The Morgan fingerprint density at radius 3 is 2.75 bits per heavy atom. The highest BCUT2D eigenvalue weighted by Gasteiger charge is 2.51. The summed E-state index contributed by atoms with van der Waals surface area (Å²) in [7, 11) is 0. The molecule has 0 bridgehead atoms. The predicted molar refractivity (Wildman–Crippen MR) is 65.1 cm³/mol. The van der Waals surface area contributed by atoms with Crippen molar-refractivity contribution in [3.63, 3.8) is 0 Å². The van der Waals surface area contributed by atoms with E-state index in [-0.39, 0.29) is 11.5 Å². The van der Waals surface area contributed by atoms with Crippen molar-refractivity contribution < 1.29 is 4.79 Å². The predicted octanol–water partition coefficient (Wildman–Crippen LogP) is 1.49. The SMILES string of the molecule is CCC(C)C(=O)N1CC2CNCC2C1(C)C. The highest BCUT2D eigenvalue weighted by Crippen LogP contribution is 2.41. The van der Waals surface area contributed by atoms with Gasteiger partial charge in [0.05, 0.1) is 0 Å². The average Bonchev–Trinajstić information content (AvgIpc) is 2.79. The van der Waals surface area contributed by atoms with Crippen LogP contribution in [0.1, 0.15) is 34.1 Å². The van der Waals surface area contributed by atoms with Gasteiger partial charge in [0.25, 0.3) is 0 Å². The molecular weight excluding hydrogens is 200 g/mol. The van der Waals surface area contributed by atoms with Gasteiger partial charge in [-0.1, -0.05) is 13.8 Å². The van der Waals surface area contributed by atoms with Gasteiger partial charge >= 0.3 is 0 Å². The molecule has 2 rings (SSSR count). The van der Waals surface area contributed by atoms with Gasteiger partial charge in [0.15, 0.2) is 0 Å². The van der Waals surface area contributed by atoms with Gasteiger partial charge in [-0.25, -0.2) is 0 Å². The van der Waals surface area contributed by atoms with E-state index in [0.717, 1.165) is 26.1 Å². The lowest BCUT2D eigenvalue weighted by Gasteiger charge is -2.37. The highest BCUT2D eigenvalue weighted by atomic mass is 16.2. The normalized spacial score (nSPS) is 33.9. The molecule has 0 spiro atoms. The van der Waals surface area contributed by atoms with Crippen molar-refractivity contribution in [3.05, 3.63) is 0 Å². The molecule has 3 heteroatoms. The minimum atomic E-state index is 0.0364. The fraction of sp³-hybridized carbons (Fsp3) is 0.923. The number of carbonyl (C=O) groups is 1. The fourth-order valence-electron chi connectivity index (χ4n) is 3.24. The lowest BCUT2D eigenvalue weighted by Crippen LogP contribution is -2.49. The van der Waals surface area contributed by atoms with E-state index >= 15 is 0 Å². The van der Waals surface area contributed by atoms with Gasteiger partial charge in [-0.05, 0) is 32.1 Å². The molecule has 1 N–H and O–H groups in total. The van der Waals surface area contributed by atoms with Crippen molar-refractivity contribution in [3.8, 4) is 0 Å². The van der Waals surface area contributed by atoms with Crippen molar-refractivity contribution >= 4 is 5.91 Å². The van der Waals surface area contributed by atoms with Crippen LogP contribution in [0.4, 0.5) is 0 Å². The molecule has 3 atom stereocenters. The van der Waals surface area contributed by atoms with Crippen LogP contribution in [-0.2, 0) is 4.79 Å². The summed E-state index contributed by atoms with van der Waals surface area (Å²) in [4.78, 5) is 14.5. The molecule has 2 heterocycles. The first-order valence-electron chi connectivity index (χ1n) is 6.50. The van der Waals surface area contributed by atoms with Crippen LogP contribution >= 0.6 is 0 Å². The van der Waals surface area contributed by atoms with Crippen LogP contribution < -0.4 is 5.32 Å². The van der Waals surface area contributed by atoms with E-state index in [1.807, 2.05) is 6.92 Å². The molecule has 2 saturated heterocycles. The third kappa shape index (κ3) is 1.65. The van der Waals surface area contributed by atoms with E-state index < -0.39 is 0 Å². The number of rotatable bonds is 2. The van der Waals surface area contributed by atoms with Crippen LogP contribution in [0.3, 0.4) is 0 Å². The van der Waals surface area contributed by atoms with E-state index in [0.29, 0.717) is 17.7 Å². The smallest absolute Gasteiger partial charge is 0.225 e. The maximum Gasteiger partial charge on any atom is 0.225 e. The van der Waals surface area contributed by atoms with Crippen molar-refractivity contribution in [2.24, 2.45) is 17.8 Å². The van der Waals surface area contributed by atoms with Crippen molar-refractivity contribution in [2.75, 3.05) is 19.6 Å². The van der Waals surface area contributed by atoms with E-state index in [4.69, 9.17) is 0 Å². The molecule has 0 aromatic carbocycles. The Kier molecular flexibility index (Phi) is 2.99. The number of hydrogen-bond acceptors (Lipinski definition) is 2. The summed E-state index contributed by atoms with van der Waals surface area (Å²) in [5.41, 5.74) is 0.0364. The van der Waals surface area contributed by atoms with Crippen molar-refractivity contribution in [2.45, 2.75) is 39.7 Å². The Hall–Kier alpha value is -0.570. The number of hydrogen-bond donors (Lipinski definition) is 1. The van der Waals surface area contributed by atoms with Crippen LogP contribution in [-0.4, -0.2) is 36.0 Å². The quantitative estimate of drug-likeness (QED) is 0.770. The Bertz CT molecular complexity index is 288. The Morgan fingerprint density at radius 1 is 1.50 bits per heavy atom. The maximum absolute atomic E-state index is 12.3. The summed E-state index contributed by atoms with van der Waals surface area (Å²) < 4.78 is 0. The molecule has 3 nitrogen and oxygen atoms in total. The molecule has 0 aliphatic carbocycles. The first-order valence-corrected chi connectivity index (χ1v) is 6.50. The number of nitrogens with zero attached hydrogens (tertiary/aromatic N) is 1. The molecule has 0 aromatic rings. The van der Waals surface area contributed by atoms with Gasteiger partial charge in [0, 0.05) is 31.1 Å². The van der Waals surface area contributed by atoms with E-state index in [1.165, 1.54) is 0 Å². The van der Waals surface area contributed by atoms with E-state index in [2.05, 4.69) is 31.0 Å². The number of amides is 1. The van der Waals surface area contributed by atoms with Crippen molar-refractivity contribution in [1.29, 1.82) is 0 Å². The summed E-state index contributed by atoms with van der Waals surface area (Å²) in [5.74, 6) is 1.83. The zero-order valence-corrected chi connectivity index (χ0v) is 10.9. The molecular formula is C13H24N2O. The van der Waals surface area contributed by atoms with Gasteiger partial charge < -0.3 is 10.2 Å². The second kappa shape index (κ2) is 4.02. The maximum atomic E-state index is 12.3. The molecule has 0 saturated carbocycles. The van der Waals surface area contributed by atoms with Gasteiger partial charge in [-0.3, -0.25) is 4.79 Å². The Morgan fingerprint density at radius 2 is 2.19 bits per heavy atom. The van der Waals surface area contributed by atoms with Gasteiger partial charge in [-0.2, -0.15) is 0 Å². The largest absolute Gasteiger partial charge is 0.337 e. The molecule has 2 aliphatic heterocycles. The van der Waals surface area contributed by atoms with Crippen molar-refractivity contribution in [1.82, 2.24) is 10.2 Å². The second-order valence-corrected chi connectivity index (χ2v) is 5.94. The van der Waals surface area contributed by atoms with E-state index in [9.17, 15) is 4.79 Å². The zero-order valence-electron chi connectivity index (χ0n) is 10.9. The highest BCUT2D eigenvalue weighted by molar-refractivity contribution is 5.79. The molecule has 2 fully saturated rings. The minimum absolute atomic E-state index is 0.0364. The van der Waals surface area contributed by atoms with Gasteiger partial charge in [-0.15, -0.1) is 0 Å². The summed E-state index contributed by atoms with van der Waals surface area (Å²) in [5, 5.41) is 3.44. The van der Waals surface area contributed by atoms with E-state index in [1.54, 1.807) is 0 Å². The topological polar surface area (TPSA) is 32.3 Å². The van der Waals surface area contributed by atoms with Crippen LogP contribution in [0.25, 0.3) is 0 Å². The third-order valence-electron chi connectivity index (χ3n) is 4.66. The van der Waals surface area contributed by atoms with Crippen LogP contribution in [0, 0.1) is 17.8 Å². The summed E-state index contributed by atoms with van der Waals surface area (Å²) in [6, 6.07) is 0. The molecule has 0 radical (unpaired) electrons. The second-order valence-electron chi connectivity index (χ2n) is 5.94. The number of carbonyl (C=O) groups excluding carboxylic acids is 1. The van der Waals surface area contributed by atoms with Crippen LogP contribution in [0.2, 0.25) is 0 Å². The monoisotopic (exact) mass is 224 g/mol. The lowest BCUT2D eigenvalue weighted by molar-refractivity contribution is -0.139. The first kappa shape index (κ1) is 11.9. The zero-order chi connectivity index (χ0) is 11.9.